The van der Waals surface area contributed by atoms with Gasteiger partial charge in [-0.1, -0.05) is 41.4 Å². The number of ketones is 1. The first-order valence-electron chi connectivity index (χ1n) is 9.48. The summed E-state index contributed by atoms with van der Waals surface area (Å²) >= 11 is 12.1. The molecule has 2 aromatic carbocycles. The number of allylic oxidation sites excluding steroid dienone is 3. The fraction of sp³-hybridized carbons (Fsp3) is 0.217. The molecule has 0 unspecified atom stereocenters. The Morgan fingerprint density at radius 3 is 2.63 bits per heavy atom. The van der Waals surface area contributed by atoms with E-state index in [4.69, 9.17) is 38.4 Å². The van der Waals surface area contributed by atoms with E-state index in [0.717, 1.165) is 17.5 Å². The zero-order chi connectivity index (χ0) is 21.3. The Kier molecular flexibility index (Phi) is 5.72. The lowest BCUT2D eigenvalue weighted by atomic mass is 9.77. The molecule has 1 atom stereocenters. The molecule has 0 aromatic heterocycles. The van der Waals surface area contributed by atoms with Gasteiger partial charge in [0.05, 0.1) is 5.92 Å². The van der Waals surface area contributed by atoms with E-state index in [2.05, 4.69) is 6.07 Å². The molecule has 2 aromatic rings. The summed E-state index contributed by atoms with van der Waals surface area (Å²) in [5.41, 5.74) is 8.38. The smallest absolute Gasteiger partial charge is 0.205 e. The summed E-state index contributed by atoms with van der Waals surface area (Å²) in [6, 6.07) is 14.6. The fourth-order valence-electron chi connectivity index (χ4n) is 3.75. The summed E-state index contributed by atoms with van der Waals surface area (Å²) in [5, 5.41) is 10.7. The molecule has 2 aliphatic rings. The molecule has 5 nitrogen and oxygen atoms in total. The molecular formula is C23H18Cl2N2O3. The number of ether oxygens (including phenoxy) is 2. The summed E-state index contributed by atoms with van der Waals surface area (Å²) in [4.78, 5) is 12.6. The maximum atomic E-state index is 12.6. The molecule has 1 aliphatic heterocycles. The molecule has 2 N–H and O–H groups in total. The van der Waals surface area contributed by atoms with E-state index >= 15 is 0 Å². The van der Waals surface area contributed by atoms with Crippen LogP contribution in [0.15, 0.2) is 65.3 Å². The lowest BCUT2D eigenvalue weighted by Crippen LogP contribution is -2.27. The highest BCUT2D eigenvalue weighted by Gasteiger charge is 2.37. The van der Waals surface area contributed by atoms with Crippen molar-refractivity contribution >= 4 is 29.0 Å². The predicted molar refractivity (Wildman–Crippen MR) is 114 cm³/mol. The normalized spacial score (nSPS) is 18.6. The zero-order valence-electron chi connectivity index (χ0n) is 16.0. The fourth-order valence-corrected chi connectivity index (χ4v) is 4.21. The number of benzene rings is 2. The highest BCUT2D eigenvalue weighted by molar-refractivity contribution is 6.35. The Morgan fingerprint density at radius 2 is 1.93 bits per heavy atom. The van der Waals surface area contributed by atoms with Crippen molar-refractivity contribution in [1.29, 1.82) is 5.26 Å². The first-order chi connectivity index (χ1) is 14.5. The van der Waals surface area contributed by atoms with Crippen molar-refractivity contribution < 1.29 is 14.3 Å². The molecule has 0 amide bonds. The molecule has 0 spiro atoms. The van der Waals surface area contributed by atoms with Crippen LogP contribution in [0.2, 0.25) is 10.0 Å². The maximum Gasteiger partial charge on any atom is 0.205 e. The highest BCUT2D eigenvalue weighted by Crippen LogP contribution is 2.43. The SMILES string of the molecule is N#CC1=C(N)OC2=C(C(=O)CCC2)[C@H]1c1ccc(OCc2ccc(Cl)cc2Cl)cc1. The number of carbonyl (C=O) groups is 1. The van der Waals surface area contributed by atoms with Crippen molar-refractivity contribution in [3.8, 4) is 11.8 Å². The Morgan fingerprint density at radius 1 is 1.17 bits per heavy atom. The number of nitrogens with two attached hydrogens (primary N) is 1. The maximum absolute atomic E-state index is 12.6. The molecule has 0 fully saturated rings. The third-order valence-corrected chi connectivity index (χ3v) is 5.81. The van der Waals surface area contributed by atoms with Gasteiger partial charge >= 0.3 is 0 Å². The van der Waals surface area contributed by atoms with Gasteiger partial charge in [0.2, 0.25) is 5.88 Å². The molecule has 0 bridgehead atoms. The van der Waals surface area contributed by atoms with Crippen LogP contribution in [0.4, 0.5) is 0 Å². The summed E-state index contributed by atoms with van der Waals surface area (Å²) in [7, 11) is 0. The number of rotatable bonds is 4. The minimum atomic E-state index is -0.522. The van der Waals surface area contributed by atoms with E-state index in [1.807, 2.05) is 18.2 Å². The van der Waals surface area contributed by atoms with E-state index in [1.54, 1.807) is 24.3 Å². The topological polar surface area (TPSA) is 85.3 Å². The van der Waals surface area contributed by atoms with Crippen LogP contribution in [0.3, 0.4) is 0 Å². The van der Waals surface area contributed by atoms with Gasteiger partial charge in [-0.2, -0.15) is 5.26 Å². The Balaban J connectivity index is 1.59. The third-order valence-electron chi connectivity index (χ3n) is 5.23. The van der Waals surface area contributed by atoms with E-state index in [1.165, 1.54) is 0 Å². The van der Waals surface area contributed by atoms with Crippen LogP contribution in [0.1, 0.15) is 36.3 Å². The highest BCUT2D eigenvalue weighted by atomic mass is 35.5. The summed E-state index contributed by atoms with van der Waals surface area (Å²) < 4.78 is 11.4. The summed E-state index contributed by atoms with van der Waals surface area (Å²) in [6.07, 6.45) is 1.81. The van der Waals surface area contributed by atoms with Crippen molar-refractivity contribution in [1.82, 2.24) is 0 Å². The first kappa shape index (κ1) is 20.3. The Bertz CT molecular complexity index is 1110. The minimum Gasteiger partial charge on any atom is -0.489 e. The standard InChI is InChI=1S/C23H18Cl2N2O3/c24-15-7-4-14(18(25)10-15)12-29-16-8-5-13(6-9-16)21-17(11-26)23(27)30-20-3-1-2-19(28)22(20)21/h4-10,21H,1-3,12,27H2/t21-/m0/s1. The minimum absolute atomic E-state index is 0.000734. The van der Waals surface area contributed by atoms with Gasteiger partial charge in [0, 0.05) is 34.0 Å². The lowest BCUT2D eigenvalue weighted by Gasteiger charge is -2.31. The van der Waals surface area contributed by atoms with E-state index < -0.39 is 5.92 Å². The van der Waals surface area contributed by atoms with Crippen molar-refractivity contribution in [3.05, 3.63) is 86.4 Å². The van der Waals surface area contributed by atoms with Gasteiger partial charge in [-0.3, -0.25) is 4.79 Å². The van der Waals surface area contributed by atoms with Gasteiger partial charge < -0.3 is 15.2 Å². The van der Waals surface area contributed by atoms with Crippen LogP contribution in [0, 0.1) is 11.3 Å². The predicted octanol–water partition coefficient (Wildman–Crippen LogP) is 5.39. The number of Topliss-reactive ketones (excluding diaryl/α,β-unsaturated/α-hetero) is 1. The Labute approximate surface area is 184 Å². The summed E-state index contributed by atoms with van der Waals surface area (Å²) in [5.74, 6) is 0.751. The van der Waals surface area contributed by atoms with Gasteiger partial charge in [0.25, 0.3) is 0 Å². The van der Waals surface area contributed by atoms with Crippen LogP contribution >= 0.6 is 23.2 Å². The number of hydrogen-bond acceptors (Lipinski definition) is 5. The van der Waals surface area contributed by atoms with Gasteiger partial charge in [-0.05, 0) is 36.2 Å². The zero-order valence-corrected chi connectivity index (χ0v) is 17.5. The molecule has 1 aliphatic carbocycles. The van der Waals surface area contributed by atoms with E-state index in [-0.39, 0.29) is 23.8 Å². The molecule has 152 valence electrons. The number of halogens is 2. The number of carbonyl (C=O) groups excluding carboxylic acids is 1. The summed E-state index contributed by atoms with van der Waals surface area (Å²) in [6.45, 7) is 0.288. The second kappa shape index (κ2) is 8.43. The molecule has 30 heavy (non-hydrogen) atoms. The second-order valence-corrected chi connectivity index (χ2v) is 7.98. The molecule has 0 saturated carbocycles. The molecule has 1 heterocycles. The van der Waals surface area contributed by atoms with Crippen molar-refractivity contribution in [2.75, 3.05) is 0 Å². The van der Waals surface area contributed by atoms with E-state index in [9.17, 15) is 10.1 Å². The third kappa shape index (κ3) is 3.89. The van der Waals surface area contributed by atoms with Crippen LogP contribution in [-0.4, -0.2) is 5.78 Å². The van der Waals surface area contributed by atoms with Crippen molar-refractivity contribution in [2.45, 2.75) is 31.8 Å². The molecule has 4 rings (SSSR count). The quantitative estimate of drug-likeness (QED) is 0.688. The average Bonchev–Trinajstić information content (AvgIpc) is 2.73. The van der Waals surface area contributed by atoms with Crippen LogP contribution in [-0.2, 0) is 16.1 Å². The molecule has 0 radical (unpaired) electrons. The lowest BCUT2D eigenvalue weighted by molar-refractivity contribution is -0.116. The van der Waals surface area contributed by atoms with E-state index in [0.29, 0.717) is 40.0 Å². The van der Waals surface area contributed by atoms with Crippen LogP contribution < -0.4 is 10.5 Å². The van der Waals surface area contributed by atoms with Crippen LogP contribution in [0.25, 0.3) is 0 Å². The molecule has 7 heteroatoms. The van der Waals surface area contributed by atoms with Crippen LogP contribution in [0.5, 0.6) is 5.75 Å². The number of nitriles is 1. The monoisotopic (exact) mass is 440 g/mol. The first-order valence-corrected chi connectivity index (χ1v) is 10.2. The molecule has 0 saturated heterocycles. The van der Waals surface area contributed by atoms with Crippen molar-refractivity contribution in [2.24, 2.45) is 5.73 Å². The van der Waals surface area contributed by atoms with Gasteiger partial charge in [0.15, 0.2) is 5.78 Å². The Hall–Kier alpha value is -2.94. The average molecular weight is 441 g/mol. The molecular weight excluding hydrogens is 423 g/mol. The number of hydrogen-bond donors (Lipinski definition) is 1. The number of nitrogens with zero attached hydrogens (tertiary/aromatic N) is 1. The van der Waals surface area contributed by atoms with Gasteiger partial charge in [0.1, 0.15) is 29.8 Å². The van der Waals surface area contributed by atoms with Gasteiger partial charge in [-0.25, -0.2) is 0 Å². The van der Waals surface area contributed by atoms with Crippen molar-refractivity contribution in [3.63, 3.8) is 0 Å². The van der Waals surface area contributed by atoms with Gasteiger partial charge in [-0.15, -0.1) is 0 Å². The largest absolute Gasteiger partial charge is 0.489 e. The second-order valence-electron chi connectivity index (χ2n) is 7.13.